The van der Waals surface area contributed by atoms with Gasteiger partial charge in [0.2, 0.25) is 17.7 Å². The Morgan fingerprint density at radius 2 is 1.87 bits per heavy atom. The lowest BCUT2D eigenvalue weighted by atomic mass is 9.87. The molecule has 3 aromatic heterocycles. The van der Waals surface area contributed by atoms with E-state index in [-0.39, 0.29) is 29.3 Å². The molecule has 0 saturated heterocycles. The van der Waals surface area contributed by atoms with Crippen LogP contribution in [0.5, 0.6) is 5.88 Å². The predicted molar refractivity (Wildman–Crippen MR) is 142 cm³/mol. The minimum atomic E-state index is -4.11. The molecule has 204 valence electrons. The van der Waals surface area contributed by atoms with Crippen molar-refractivity contribution in [2.75, 3.05) is 0 Å². The van der Waals surface area contributed by atoms with Crippen LogP contribution in [0.3, 0.4) is 0 Å². The molecule has 4 aromatic rings. The Hall–Kier alpha value is -3.93. The molecule has 1 aromatic carbocycles. The number of pyridine rings is 1. The van der Waals surface area contributed by atoms with Crippen LogP contribution in [0.4, 0.5) is 0 Å². The SMILES string of the molecule is CCC(=O)NS(=O)(=O)c1ccccc1-c1nccc2c(OC3CCC(c4nc(C(C)C)no4)CC3)ncnc12. The molecule has 0 radical (unpaired) electrons. The molecule has 1 fully saturated rings. The third kappa shape index (κ3) is 5.60. The van der Waals surface area contributed by atoms with Crippen molar-refractivity contribution in [1.29, 1.82) is 0 Å². The molecule has 3 heterocycles. The Balaban J connectivity index is 1.39. The maximum Gasteiger partial charge on any atom is 0.264 e. The first kappa shape index (κ1) is 26.7. The van der Waals surface area contributed by atoms with Crippen LogP contribution >= 0.6 is 0 Å². The van der Waals surface area contributed by atoms with E-state index >= 15 is 0 Å². The fourth-order valence-corrected chi connectivity index (χ4v) is 5.93. The van der Waals surface area contributed by atoms with E-state index < -0.39 is 15.9 Å². The summed E-state index contributed by atoms with van der Waals surface area (Å²) in [5.74, 6) is 1.64. The van der Waals surface area contributed by atoms with Gasteiger partial charge in [0, 0.05) is 30.0 Å². The van der Waals surface area contributed by atoms with E-state index in [0.29, 0.717) is 33.9 Å². The van der Waals surface area contributed by atoms with E-state index in [1.807, 2.05) is 13.8 Å². The molecule has 0 atom stereocenters. The molecule has 1 saturated carbocycles. The lowest BCUT2D eigenvalue weighted by Gasteiger charge is -2.27. The van der Waals surface area contributed by atoms with Crippen LogP contribution < -0.4 is 9.46 Å². The van der Waals surface area contributed by atoms with Crippen molar-refractivity contribution in [2.45, 2.75) is 75.7 Å². The van der Waals surface area contributed by atoms with Crippen LogP contribution in [-0.2, 0) is 14.8 Å². The molecule has 1 aliphatic rings. The highest BCUT2D eigenvalue weighted by atomic mass is 32.2. The van der Waals surface area contributed by atoms with Gasteiger partial charge in [-0.2, -0.15) is 4.98 Å². The summed E-state index contributed by atoms with van der Waals surface area (Å²) in [6.45, 7) is 5.66. The molecule has 11 nitrogen and oxygen atoms in total. The molecule has 39 heavy (non-hydrogen) atoms. The number of benzene rings is 1. The second-order valence-electron chi connectivity index (χ2n) is 9.85. The quantitative estimate of drug-likeness (QED) is 0.332. The highest BCUT2D eigenvalue weighted by molar-refractivity contribution is 7.90. The molecule has 5 rings (SSSR count). The standard InChI is InChI=1S/C27H30N6O5S/c1-4-22(34)33-39(35,36)21-8-6-5-7-19(21)23-24-20(13-14-28-23)27(30-15-29-24)37-18-11-9-17(10-12-18)26-31-25(16(2)3)32-38-26/h5-8,13-18H,4,9-12H2,1-3H3,(H,33,34). The summed E-state index contributed by atoms with van der Waals surface area (Å²) >= 11 is 0. The summed E-state index contributed by atoms with van der Waals surface area (Å²) in [5, 5.41) is 4.70. The van der Waals surface area contributed by atoms with Gasteiger partial charge in [-0.25, -0.2) is 23.1 Å². The van der Waals surface area contributed by atoms with Gasteiger partial charge >= 0.3 is 0 Å². The van der Waals surface area contributed by atoms with Crippen LogP contribution in [0.15, 0.2) is 52.3 Å². The number of ether oxygens (including phenoxy) is 1. The van der Waals surface area contributed by atoms with E-state index in [2.05, 4.69) is 29.8 Å². The normalized spacial score (nSPS) is 17.8. The van der Waals surface area contributed by atoms with Gasteiger partial charge in [0.15, 0.2) is 5.82 Å². The van der Waals surface area contributed by atoms with E-state index in [1.165, 1.54) is 12.4 Å². The van der Waals surface area contributed by atoms with E-state index in [0.717, 1.165) is 31.5 Å². The van der Waals surface area contributed by atoms with Gasteiger partial charge in [-0.15, -0.1) is 0 Å². The molecule has 1 amide bonds. The number of rotatable bonds is 8. The Bertz CT molecular complexity index is 1600. The summed E-state index contributed by atoms with van der Waals surface area (Å²) in [6, 6.07) is 8.13. The summed E-state index contributed by atoms with van der Waals surface area (Å²) in [5.41, 5.74) is 1.13. The molecule has 0 spiro atoms. The summed E-state index contributed by atoms with van der Waals surface area (Å²) < 4.78 is 39.9. The first-order chi connectivity index (χ1) is 18.8. The van der Waals surface area contributed by atoms with Gasteiger partial charge in [0.1, 0.15) is 17.9 Å². The summed E-state index contributed by atoms with van der Waals surface area (Å²) in [7, 11) is -4.11. The van der Waals surface area contributed by atoms with Crippen molar-refractivity contribution in [3.8, 4) is 17.1 Å². The highest BCUT2D eigenvalue weighted by Gasteiger charge is 2.29. The molecular formula is C27H30N6O5S. The second-order valence-corrected chi connectivity index (χ2v) is 11.5. The van der Waals surface area contributed by atoms with Crippen LogP contribution in [0.1, 0.15) is 76.4 Å². The maximum absolute atomic E-state index is 13.0. The average Bonchev–Trinajstić information content (AvgIpc) is 3.44. The van der Waals surface area contributed by atoms with Gasteiger partial charge in [-0.1, -0.05) is 44.1 Å². The molecule has 0 aliphatic heterocycles. The molecule has 1 aliphatic carbocycles. The van der Waals surface area contributed by atoms with Gasteiger partial charge in [-0.05, 0) is 37.8 Å². The lowest BCUT2D eigenvalue weighted by molar-refractivity contribution is -0.119. The van der Waals surface area contributed by atoms with Gasteiger partial charge in [0.25, 0.3) is 10.0 Å². The van der Waals surface area contributed by atoms with E-state index in [4.69, 9.17) is 9.26 Å². The number of sulfonamides is 1. The Kier molecular flexibility index (Phi) is 7.56. The zero-order valence-corrected chi connectivity index (χ0v) is 22.8. The number of fused-ring (bicyclic) bond motifs is 1. The zero-order valence-electron chi connectivity index (χ0n) is 22.0. The minimum Gasteiger partial charge on any atom is -0.474 e. The summed E-state index contributed by atoms with van der Waals surface area (Å²) in [4.78, 5) is 29.6. The monoisotopic (exact) mass is 550 g/mol. The topological polar surface area (TPSA) is 150 Å². The van der Waals surface area contributed by atoms with Crippen molar-refractivity contribution in [1.82, 2.24) is 29.8 Å². The van der Waals surface area contributed by atoms with Gasteiger partial charge in [0.05, 0.1) is 16.0 Å². The van der Waals surface area contributed by atoms with E-state index in [1.54, 1.807) is 37.4 Å². The third-order valence-electron chi connectivity index (χ3n) is 6.79. The van der Waals surface area contributed by atoms with Crippen molar-refractivity contribution in [3.05, 3.63) is 54.6 Å². The highest BCUT2D eigenvalue weighted by Crippen LogP contribution is 2.36. The molecular weight excluding hydrogens is 520 g/mol. The van der Waals surface area contributed by atoms with Crippen LogP contribution in [0.25, 0.3) is 22.2 Å². The third-order valence-corrected chi connectivity index (χ3v) is 8.22. The number of carbonyl (C=O) groups excluding carboxylic acids is 1. The van der Waals surface area contributed by atoms with Crippen molar-refractivity contribution in [2.24, 2.45) is 0 Å². The Labute approximate surface area is 226 Å². The van der Waals surface area contributed by atoms with Crippen molar-refractivity contribution in [3.63, 3.8) is 0 Å². The molecule has 1 N–H and O–H groups in total. The van der Waals surface area contributed by atoms with Crippen molar-refractivity contribution < 1.29 is 22.5 Å². The van der Waals surface area contributed by atoms with Gasteiger partial charge in [-0.3, -0.25) is 9.78 Å². The molecule has 0 bridgehead atoms. The fourth-order valence-electron chi connectivity index (χ4n) is 4.66. The Morgan fingerprint density at radius 3 is 2.59 bits per heavy atom. The minimum absolute atomic E-state index is 0.0393. The number of nitrogens with one attached hydrogen (secondary N) is 1. The number of hydrogen-bond donors (Lipinski definition) is 1. The number of amides is 1. The van der Waals surface area contributed by atoms with E-state index in [9.17, 15) is 13.2 Å². The maximum atomic E-state index is 13.0. The zero-order chi connectivity index (χ0) is 27.6. The number of hydrogen-bond acceptors (Lipinski definition) is 10. The van der Waals surface area contributed by atoms with Crippen LogP contribution in [-0.4, -0.2) is 45.5 Å². The molecule has 0 unspecified atom stereocenters. The second kappa shape index (κ2) is 11.0. The first-order valence-electron chi connectivity index (χ1n) is 13.0. The molecule has 12 heteroatoms. The number of aromatic nitrogens is 5. The average molecular weight is 551 g/mol. The van der Waals surface area contributed by atoms with Gasteiger partial charge < -0.3 is 9.26 Å². The Morgan fingerprint density at radius 1 is 1.10 bits per heavy atom. The van der Waals surface area contributed by atoms with Crippen molar-refractivity contribution >= 4 is 26.8 Å². The largest absolute Gasteiger partial charge is 0.474 e. The number of nitrogens with zero attached hydrogens (tertiary/aromatic N) is 5. The number of carbonyl (C=O) groups is 1. The smallest absolute Gasteiger partial charge is 0.264 e. The van der Waals surface area contributed by atoms with Crippen LogP contribution in [0.2, 0.25) is 0 Å². The van der Waals surface area contributed by atoms with Crippen LogP contribution in [0, 0.1) is 0 Å². The lowest BCUT2D eigenvalue weighted by Crippen LogP contribution is -2.30. The first-order valence-corrected chi connectivity index (χ1v) is 14.5. The predicted octanol–water partition coefficient (Wildman–Crippen LogP) is 4.52. The fraction of sp³-hybridized carbons (Fsp3) is 0.407. The summed E-state index contributed by atoms with van der Waals surface area (Å²) in [6.07, 6.45) is 6.25.